The summed E-state index contributed by atoms with van der Waals surface area (Å²) in [4.78, 5) is 14.5. The van der Waals surface area contributed by atoms with Gasteiger partial charge in [-0.2, -0.15) is 14.9 Å². The minimum absolute atomic E-state index is 0.00969. The van der Waals surface area contributed by atoms with Gasteiger partial charge in [0.25, 0.3) is 0 Å². The van der Waals surface area contributed by atoms with Crippen molar-refractivity contribution in [3.63, 3.8) is 0 Å². The summed E-state index contributed by atoms with van der Waals surface area (Å²) in [6.07, 6.45) is 11.1. The van der Waals surface area contributed by atoms with Gasteiger partial charge in [0.15, 0.2) is 5.82 Å². The van der Waals surface area contributed by atoms with Gasteiger partial charge in [-0.05, 0) is 94.3 Å². The van der Waals surface area contributed by atoms with Crippen LogP contribution in [0.3, 0.4) is 0 Å². The first-order chi connectivity index (χ1) is 17.9. The first-order valence-electron chi connectivity index (χ1n) is 13.8. The molecular weight excluding hydrogens is 506 g/mol. The van der Waals surface area contributed by atoms with Gasteiger partial charge in [-0.25, -0.2) is 4.68 Å². The van der Waals surface area contributed by atoms with Crippen molar-refractivity contribution >= 4 is 36.0 Å². The van der Waals surface area contributed by atoms with E-state index in [4.69, 9.17) is 38.8 Å². The zero-order chi connectivity index (χ0) is 25.6. The van der Waals surface area contributed by atoms with Crippen LogP contribution in [-0.2, 0) is 21.6 Å². The van der Waals surface area contributed by atoms with Crippen molar-refractivity contribution in [1.82, 2.24) is 19.4 Å². The number of benzene rings is 1. The molecule has 198 valence electrons. The quantitative estimate of drug-likeness (QED) is 0.257. The topological polar surface area (TPSA) is 64.7 Å². The molecule has 4 saturated carbocycles. The summed E-state index contributed by atoms with van der Waals surface area (Å²) >= 11 is 12.4. The number of nitrogens with zero attached hydrogens (tertiary/aromatic N) is 5. The van der Waals surface area contributed by atoms with Crippen molar-refractivity contribution in [1.29, 1.82) is 0 Å². The predicted octanol–water partition coefficient (Wildman–Crippen LogP) is 5.65. The molecule has 2 heterocycles. The van der Waals surface area contributed by atoms with E-state index < -0.39 is 0 Å². The number of hydrogen-bond donors (Lipinski definition) is 0. The monoisotopic (exact) mass is 541 g/mol. The van der Waals surface area contributed by atoms with E-state index in [1.165, 1.54) is 38.5 Å². The van der Waals surface area contributed by atoms with Gasteiger partial charge in [0.05, 0.1) is 25.4 Å². The van der Waals surface area contributed by atoms with Crippen LogP contribution >= 0.6 is 23.8 Å². The Morgan fingerprint density at radius 1 is 1.16 bits per heavy atom. The van der Waals surface area contributed by atoms with E-state index in [0.29, 0.717) is 23.1 Å². The lowest BCUT2D eigenvalue weighted by Crippen LogP contribution is -2.49. The van der Waals surface area contributed by atoms with Crippen LogP contribution in [0.1, 0.15) is 69.7 Å². The fourth-order valence-electron chi connectivity index (χ4n) is 7.77. The van der Waals surface area contributed by atoms with E-state index >= 15 is 0 Å². The van der Waals surface area contributed by atoms with Crippen LogP contribution in [0.15, 0.2) is 29.4 Å². The van der Waals surface area contributed by atoms with Crippen LogP contribution in [0.5, 0.6) is 0 Å². The van der Waals surface area contributed by atoms with Gasteiger partial charge in [0.2, 0.25) is 4.77 Å². The molecule has 1 aromatic carbocycles. The van der Waals surface area contributed by atoms with Crippen molar-refractivity contribution in [2.75, 3.05) is 19.7 Å². The molecule has 0 unspecified atom stereocenters. The number of halogens is 1. The third-order valence-electron chi connectivity index (χ3n) is 9.09. The lowest BCUT2D eigenvalue weighted by Gasteiger charge is -2.55. The molecule has 2 aromatic rings. The Morgan fingerprint density at radius 3 is 2.43 bits per heavy atom. The minimum Gasteiger partial charge on any atom is -0.466 e. The number of likely N-dealkylation sites (tertiary alicyclic amines) is 1. The number of piperidine rings is 1. The Hall–Kier alpha value is -2.03. The van der Waals surface area contributed by atoms with Crippen LogP contribution in [0.4, 0.5) is 0 Å². The molecule has 4 aliphatic carbocycles. The van der Waals surface area contributed by atoms with Crippen molar-refractivity contribution in [2.24, 2.45) is 28.8 Å². The Labute approximate surface area is 228 Å². The number of carbonyl (C=O) groups excluding carboxylic acids is 1. The van der Waals surface area contributed by atoms with Gasteiger partial charge in [0.1, 0.15) is 0 Å². The maximum absolute atomic E-state index is 12.2. The lowest BCUT2D eigenvalue weighted by atomic mass is 9.49. The first-order valence-corrected chi connectivity index (χ1v) is 14.6. The number of ether oxygens (including phenoxy) is 1. The van der Waals surface area contributed by atoms with Crippen LogP contribution in [0.2, 0.25) is 5.02 Å². The van der Waals surface area contributed by atoms with Crippen molar-refractivity contribution < 1.29 is 9.53 Å². The van der Waals surface area contributed by atoms with E-state index in [-0.39, 0.29) is 17.3 Å². The third kappa shape index (κ3) is 4.92. The molecule has 9 heteroatoms. The number of aromatic nitrogens is 3. The largest absolute Gasteiger partial charge is 0.466 e. The van der Waals surface area contributed by atoms with Crippen molar-refractivity contribution in [3.8, 4) is 0 Å². The maximum atomic E-state index is 12.2. The standard InChI is InChI=1S/C28H36ClN5O2S/c1-2-36-25(35)22-7-9-32(10-8-22)18-33-27(37)34(30-17-23-5-3-4-6-24(23)29)26(31-33)28-14-19-11-20(15-28)13-21(12-19)16-28/h3-6,17,19-22H,2,7-16,18H2,1H3/b30-17+. The Morgan fingerprint density at radius 2 is 1.81 bits per heavy atom. The smallest absolute Gasteiger partial charge is 0.309 e. The zero-order valence-electron chi connectivity index (χ0n) is 21.5. The highest BCUT2D eigenvalue weighted by Gasteiger charge is 2.54. The molecule has 7 rings (SSSR count). The van der Waals surface area contributed by atoms with Crippen LogP contribution in [0, 0.1) is 28.4 Å². The van der Waals surface area contributed by atoms with Gasteiger partial charge in [-0.1, -0.05) is 29.8 Å². The molecule has 1 aromatic heterocycles. The van der Waals surface area contributed by atoms with E-state index in [1.807, 2.05) is 46.8 Å². The molecule has 1 saturated heterocycles. The first kappa shape index (κ1) is 25.3. The maximum Gasteiger partial charge on any atom is 0.309 e. The van der Waals surface area contributed by atoms with Gasteiger partial charge < -0.3 is 4.74 Å². The minimum atomic E-state index is -0.0685. The lowest BCUT2D eigenvalue weighted by molar-refractivity contribution is -0.149. The molecule has 1 aliphatic heterocycles. The predicted molar refractivity (Wildman–Crippen MR) is 146 cm³/mol. The summed E-state index contributed by atoms with van der Waals surface area (Å²) in [5.41, 5.74) is 0.929. The van der Waals surface area contributed by atoms with E-state index in [1.54, 1.807) is 0 Å². The number of carbonyl (C=O) groups is 1. The average molecular weight is 542 g/mol. The fourth-order valence-corrected chi connectivity index (χ4v) is 8.19. The fraction of sp³-hybridized carbons (Fsp3) is 0.643. The number of hydrogen-bond acceptors (Lipinski definition) is 6. The summed E-state index contributed by atoms with van der Waals surface area (Å²) in [7, 11) is 0. The molecule has 0 amide bonds. The molecule has 4 bridgehead atoms. The highest BCUT2D eigenvalue weighted by molar-refractivity contribution is 7.71. The second kappa shape index (κ2) is 10.3. The Kier molecular flexibility index (Phi) is 7.01. The molecule has 0 spiro atoms. The molecule has 0 N–H and O–H groups in total. The Bertz CT molecular complexity index is 1210. The third-order valence-corrected chi connectivity index (χ3v) is 9.82. The van der Waals surface area contributed by atoms with Crippen LogP contribution in [0.25, 0.3) is 0 Å². The zero-order valence-corrected chi connectivity index (χ0v) is 23.1. The van der Waals surface area contributed by atoms with E-state index in [9.17, 15) is 4.79 Å². The highest BCUT2D eigenvalue weighted by Crippen LogP contribution is 2.60. The summed E-state index contributed by atoms with van der Waals surface area (Å²) in [5, 5.41) is 10.8. The summed E-state index contributed by atoms with van der Waals surface area (Å²) in [6, 6.07) is 7.74. The SMILES string of the molecule is CCOC(=O)C1CCN(Cn2nc(C34CC5CC(CC(C5)C3)C4)n(/N=C/c3ccccc3Cl)c2=S)CC1. The van der Waals surface area contributed by atoms with E-state index in [2.05, 4.69) is 4.90 Å². The second-order valence-electron chi connectivity index (χ2n) is 11.7. The Balaban J connectivity index is 1.29. The molecular formula is C28H36ClN5O2S. The van der Waals surface area contributed by atoms with Gasteiger partial charge >= 0.3 is 5.97 Å². The number of rotatable bonds is 7. The molecule has 0 atom stereocenters. The second-order valence-corrected chi connectivity index (χ2v) is 12.4. The highest BCUT2D eigenvalue weighted by atomic mass is 35.5. The van der Waals surface area contributed by atoms with Crippen molar-refractivity contribution in [2.45, 2.75) is 70.4 Å². The van der Waals surface area contributed by atoms with Gasteiger partial charge in [-0.15, -0.1) is 0 Å². The summed E-state index contributed by atoms with van der Waals surface area (Å²) < 4.78 is 9.75. The molecule has 5 fully saturated rings. The molecule has 0 radical (unpaired) electrons. The summed E-state index contributed by atoms with van der Waals surface area (Å²) in [5.74, 6) is 3.35. The van der Waals surface area contributed by atoms with Gasteiger partial charge in [-0.3, -0.25) is 9.69 Å². The van der Waals surface area contributed by atoms with Crippen LogP contribution < -0.4 is 0 Å². The summed E-state index contributed by atoms with van der Waals surface area (Å²) in [6.45, 7) is 4.57. The van der Waals surface area contributed by atoms with Crippen molar-refractivity contribution in [3.05, 3.63) is 45.4 Å². The van der Waals surface area contributed by atoms with Crippen LogP contribution in [-0.4, -0.2) is 51.2 Å². The normalized spacial score (nSPS) is 29.8. The van der Waals surface area contributed by atoms with E-state index in [0.717, 1.165) is 55.1 Å². The molecule has 5 aliphatic rings. The molecule has 7 nitrogen and oxygen atoms in total. The average Bonchev–Trinajstić information content (AvgIpc) is 3.19. The van der Waals surface area contributed by atoms with Gasteiger partial charge in [0, 0.05) is 29.1 Å². The molecule has 37 heavy (non-hydrogen) atoms. The number of esters is 1.